The zero-order valence-corrected chi connectivity index (χ0v) is 11.8. The van der Waals surface area contributed by atoms with Crippen LogP contribution in [0.15, 0.2) is 54.6 Å². The molecule has 104 valence electrons. The van der Waals surface area contributed by atoms with E-state index in [0.717, 1.165) is 13.1 Å². The molecule has 0 aliphatic carbocycles. The Balaban J connectivity index is 1.67. The summed E-state index contributed by atoms with van der Waals surface area (Å²) in [5.74, 6) is 0. The molecular formula is C18H22N2. The first kappa shape index (κ1) is 13.2. The summed E-state index contributed by atoms with van der Waals surface area (Å²) >= 11 is 0. The van der Waals surface area contributed by atoms with E-state index in [1.165, 1.54) is 36.1 Å². The van der Waals surface area contributed by atoms with Gasteiger partial charge in [0.05, 0.1) is 0 Å². The fraction of sp³-hybridized carbons (Fsp3) is 0.333. The number of hydrogen-bond donors (Lipinski definition) is 2. The molecule has 2 N–H and O–H groups in total. The number of anilines is 1. The molecule has 20 heavy (non-hydrogen) atoms. The molecule has 2 heteroatoms. The zero-order chi connectivity index (χ0) is 13.6. The van der Waals surface area contributed by atoms with E-state index < -0.39 is 0 Å². The van der Waals surface area contributed by atoms with Gasteiger partial charge in [-0.1, -0.05) is 42.5 Å². The summed E-state index contributed by atoms with van der Waals surface area (Å²) in [5.41, 5.74) is 3.79. The van der Waals surface area contributed by atoms with Crippen LogP contribution < -0.4 is 10.6 Å². The maximum absolute atomic E-state index is 3.66. The van der Waals surface area contributed by atoms with Crippen molar-refractivity contribution < 1.29 is 0 Å². The molecule has 2 aromatic rings. The molecule has 1 saturated heterocycles. The summed E-state index contributed by atoms with van der Waals surface area (Å²) < 4.78 is 0. The third-order valence-electron chi connectivity index (χ3n) is 3.94. The van der Waals surface area contributed by atoms with Crippen LogP contribution in [0.1, 0.15) is 19.3 Å². The van der Waals surface area contributed by atoms with Crippen molar-refractivity contribution in [2.75, 3.05) is 18.4 Å². The summed E-state index contributed by atoms with van der Waals surface area (Å²) in [6, 6.07) is 19.9. The highest BCUT2D eigenvalue weighted by Crippen LogP contribution is 2.22. The van der Waals surface area contributed by atoms with Gasteiger partial charge >= 0.3 is 0 Å². The van der Waals surface area contributed by atoms with Crippen LogP contribution in [0.2, 0.25) is 0 Å². The molecule has 1 fully saturated rings. The van der Waals surface area contributed by atoms with Gasteiger partial charge in [0.1, 0.15) is 0 Å². The summed E-state index contributed by atoms with van der Waals surface area (Å²) in [7, 11) is 0. The standard InChI is InChI=1S/C18H22N2/c1-2-5-15(6-3-1)16-8-10-18(11-9-16)20-17-7-4-13-19-14-12-17/h1-3,5-6,8-11,17,19-20H,4,7,12-14H2. The van der Waals surface area contributed by atoms with Gasteiger partial charge < -0.3 is 10.6 Å². The van der Waals surface area contributed by atoms with Crippen LogP contribution in [0.4, 0.5) is 5.69 Å². The molecule has 2 aromatic carbocycles. The van der Waals surface area contributed by atoms with Crippen LogP contribution in [-0.4, -0.2) is 19.1 Å². The lowest BCUT2D eigenvalue weighted by Crippen LogP contribution is -2.21. The normalized spacial score (nSPS) is 19.3. The van der Waals surface area contributed by atoms with Gasteiger partial charge in [0.25, 0.3) is 0 Å². The molecule has 1 heterocycles. The molecular weight excluding hydrogens is 244 g/mol. The van der Waals surface area contributed by atoms with Crippen molar-refractivity contribution in [2.24, 2.45) is 0 Å². The van der Waals surface area contributed by atoms with Crippen LogP contribution in [0.3, 0.4) is 0 Å². The van der Waals surface area contributed by atoms with Crippen LogP contribution >= 0.6 is 0 Å². The predicted octanol–water partition coefficient (Wildman–Crippen LogP) is 3.91. The Morgan fingerprint density at radius 3 is 2.35 bits per heavy atom. The highest BCUT2D eigenvalue weighted by Gasteiger charge is 2.11. The van der Waals surface area contributed by atoms with Gasteiger partial charge in [0.2, 0.25) is 0 Å². The van der Waals surface area contributed by atoms with Crippen molar-refractivity contribution in [3.8, 4) is 11.1 Å². The second-order valence-electron chi connectivity index (χ2n) is 5.47. The van der Waals surface area contributed by atoms with Crippen molar-refractivity contribution in [3.63, 3.8) is 0 Å². The smallest absolute Gasteiger partial charge is 0.0342 e. The fourth-order valence-electron chi connectivity index (χ4n) is 2.79. The monoisotopic (exact) mass is 266 g/mol. The minimum atomic E-state index is 0.604. The number of benzene rings is 2. The molecule has 0 saturated carbocycles. The Bertz CT molecular complexity index is 511. The van der Waals surface area contributed by atoms with Crippen molar-refractivity contribution in [2.45, 2.75) is 25.3 Å². The SMILES string of the molecule is c1ccc(-c2ccc(NC3CCCNCC3)cc2)cc1. The Morgan fingerprint density at radius 2 is 1.55 bits per heavy atom. The Hall–Kier alpha value is -1.80. The van der Waals surface area contributed by atoms with E-state index in [4.69, 9.17) is 0 Å². The lowest BCUT2D eigenvalue weighted by molar-refractivity contribution is 0.637. The van der Waals surface area contributed by atoms with Crippen LogP contribution in [-0.2, 0) is 0 Å². The molecule has 0 radical (unpaired) electrons. The predicted molar refractivity (Wildman–Crippen MR) is 86.0 cm³/mol. The second-order valence-corrected chi connectivity index (χ2v) is 5.47. The number of hydrogen-bond acceptors (Lipinski definition) is 2. The van der Waals surface area contributed by atoms with Gasteiger partial charge in [-0.3, -0.25) is 0 Å². The summed E-state index contributed by atoms with van der Waals surface area (Å²) in [4.78, 5) is 0. The third kappa shape index (κ3) is 3.40. The molecule has 1 atom stereocenters. The fourth-order valence-corrected chi connectivity index (χ4v) is 2.79. The third-order valence-corrected chi connectivity index (χ3v) is 3.94. The Labute approximate surface area is 121 Å². The van der Waals surface area contributed by atoms with Gasteiger partial charge in [-0.15, -0.1) is 0 Å². The van der Waals surface area contributed by atoms with Gasteiger partial charge in [0, 0.05) is 11.7 Å². The van der Waals surface area contributed by atoms with Gasteiger partial charge in [-0.25, -0.2) is 0 Å². The molecule has 1 aliphatic heterocycles. The van der Waals surface area contributed by atoms with E-state index in [-0.39, 0.29) is 0 Å². The van der Waals surface area contributed by atoms with Crippen molar-refractivity contribution in [1.82, 2.24) is 5.32 Å². The Morgan fingerprint density at radius 1 is 0.800 bits per heavy atom. The van der Waals surface area contributed by atoms with Crippen molar-refractivity contribution >= 4 is 5.69 Å². The van der Waals surface area contributed by atoms with Crippen LogP contribution in [0.5, 0.6) is 0 Å². The maximum atomic E-state index is 3.66. The quantitative estimate of drug-likeness (QED) is 0.880. The van der Waals surface area contributed by atoms with E-state index in [1.54, 1.807) is 0 Å². The number of nitrogens with one attached hydrogen (secondary N) is 2. The maximum Gasteiger partial charge on any atom is 0.0342 e. The van der Waals surface area contributed by atoms with E-state index in [1.807, 2.05) is 0 Å². The summed E-state index contributed by atoms with van der Waals surface area (Å²) in [6.45, 7) is 2.28. The van der Waals surface area contributed by atoms with E-state index in [2.05, 4.69) is 65.2 Å². The average molecular weight is 266 g/mol. The largest absolute Gasteiger partial charge is 0.382 e. The average Bonchev–Trinajstić information content (AvgIpc) is 2.78. The minimum Gasteiger partial charge on any atom is -0.382 e. The van der Waals surface area contributed by atoms with E-state index >= 15 is 0 Å². The lowest BCUT2D eigenvalue weighted by Gasteiger charge is -2.17. The highest BCUT2D eigenvalue weighted by atomic mass is 14.9. The molecule has 1 unspecified atom stereocenters. The Kier molecular flexibility index (Phi) is 4.34. The van der Waals surface area contributed by atoms with Crippen molar-refractivity contribution in [1.29, 1.82) is 0 Å². The van der Waals surface area contributed by atoms with E-state index in [9.17, 15) is 0 Å². The molecule has 3 rings (SSSR count). The molecule has 1 aliphatic rings. The molecule has 0 amide bonds. The molecule has 0 spiro atoms. The number of rotatable bonds is 3. The lowest BCUT2D eigenvalue weighted by atomic mass is 10.0. The van der Waals surface area contributed by atoms with Crippen molar-refractivity contribution in [3.05, 3.63) is 54.6 Å². The first-order valence-corrected chi connectivity index (χ1v) is 7.54. The highest BCUT2D eigenvalue weighted by molar-refractivity contribution is 5.65. The first-order valence-electron chi connectivity index (χ1n) is 7.54. The summed E-state index contributed by atoms with van der Waals surface area (Å²) in [5, 5.41) is 7.11. The molecule has 0 aromatic heterocycles. The van der Waals surface area contributed by atoms with Gasteiger partial charge in [0.15, 0.2) is 0 Å². The summed E-state index contributed by atoms with van der Waals surface area (Å²) in [6.07, 6.45) is 3.73. The topological polar surface area (TPSA) is 24.1 Å². The van der Waals surface area contributed by atoms with E-state index in [0.29, 0.717) is 6.04 Å². The first-order chi connectivity index (χ1) is 9.92. The van der Waals surface area contributed by atoms with Crippen LogP contribution in [0.25, 0.3) is 11.1 Å². The zero-order valence-electron chi connectivity index (χ0n) is 11.8. The molecule has 2 nitrogen and oxygen atoms in total. The minimum absolute atomic E-state index is 0.604. The molecule has 0 bridgehead atoms. The van der Waals surface area contributed by atoms with Gasteiger partial charge in [-0.05, 0) is 55.6 Å². The van der Waals surface area contributed by atoms with Gasteiger partial charge in [-0.2, -0.15) is 0 Å². The van der Waals surface area contributed by atoms with Crippen LogP contribution in [0, 0.1) is 0 Å². The second kappa shape index (κ2) is 6.58.